The number of nitrogens with zero attached hydrogens (tertiary/aromatic N) is 1. The fourth-order valence-corrected chi connectivity index (χ4v) is 7.47. The summed E-state index contributed by atoms with van der Waals surface area (Å²) in [5, 5.41) is 1.73. The molecule has 2 fully saturated rings. The number of carbonyl (C=O) groups is 3. The van der Waals surface area contributed by atoms with Gasteiger partial charge in [0.15, 0.2) is 0 Å². The first-order chi connectivity index (χ1) is 24.4. The van der Waals surface area contributed by atoms with Gasteiger partial charge in [-0.1, -0.05) is 85.0 Å². The molecular formula is C41H71N3O7. The van der Waals surface area contributed by atoms with E-state index in [0.717, 1.165) is 43.4 Å². The number of nitrogens with two attached hydrogens (primary N) is 1. The third kappa shape index (κ3) is 17.2. The van der Waals surface area contributed by atoms with E-state index in [9.17, 15) is 14.4 Å². The molecular weight excluding hydrogens is 646 g/mol. The van der Waals surface area contributed by atoms with Crippen LogP contribution in [-0.2, 0) is 33.3 Å². The molecule has 292 valence electrons. The molecule has 0 aromatic carbocycles. The Morgan fingerprint density at radius 1 is 0.725 bits per heavy atom. The minimum Gasteiger partial charge on any atom is -0.461 e. The zero-order chi connectivity index (χ0) is 37.6. The van der Waals surface area contributed by atoms with Gasteiger partial charge in [0, 0.05) is 29.9 Å². The van der Waals surface area contributed by atoms with Gasteiger partial charge in [0.05, 0.1) is 5.41 Å². The maximum absolute atomic E-state index is 13.1. The van der Waals surface area contributed by atoms with Crippen LogP contribution < -0.4 is 11.4 Å². The van der Waals surface area contributed by atoms with Gasteiger partial charge in [-0.15, -0.1) is 0 Å². The Hall–Kier alpha value is -2.53. The zero-order valence-electron chi connectivity index (χ0n) is 32.6. The molecule has 0 spiro atoms. The Morgan fingerprint density at radius 2 is 1.24 bits per heavy atom. The molecule has 10 nitrogen and oxygen atoms in total. The lowest BCUT2D eigenvalue weighted by Gasteiger charge is -2.39. The summed E-state index contributed by atoms with van der Waals surface area (Å²) in [6.45, 7) is 20.2. The topological polar surface area (TPSA) is 129 Å². The van der Waals surface area contributed by atoms with Gasteiger partial charge < -0.3 is 18.9 Å². The van der Waals surface area contributed by atoms with E-state index in [2.05, 4.69) is 32.2 Å². The van der Waals surface area contributed by atoms with Crippen LogP contribution in [0.1, 0.15) is 137 Å². The van der Waals surface area contributed by atoms with Gasteiger partial charge in [0.1, 0.15) is 26.6 Å². The van der Waals surface area contributed by atoms with Crippen molar-refractivity contribution in [3.05, 3.63) is 36.5 Å². The van der Waals surface area contributed by atoms with Crippen LogP contribution in [0.5, 0.6) is 0 Å². The van der Waals surface area contributed by atoms with Crippen molar-refractivity contribution in [1.29, 1.82) is 0 Å². The SMILES string of the molecule is C=C(C)C(=O)OCC(CCC1CCC(C2CCC(CCCCC)CC2)CC1)(COC(=O)C(=C)C)COC(=O)C(=C)CCCCOCN(CC)NN. The minimum absolute atomic E-state index is 0.0669. The summed E-state index contributed by atoms with van der Waals surface area (Å²) in [7, 11) is 0. The second-order valence-corrected chi connectivity index (χ2v) is 15.5. The molecule has 0 radical (unpaired) electrons. The maximum atomic E-state index is 13.1. The first-order valence-corrected chi connectivity index (χ1v) is 19.7. The third-order valence-electron chi connectivity index (χ3n) is 11.1. The summed E-state index contributed by atoms with van der Waals surface area (Å²) in [5.41, 5.74) is 2.54. The molecule has 0 amide bonds. The van der Waals surface area contributed by atoms with Crippen LogP contribution in [0.2, 0.25) is 0 Å². The fourth-order valence-electron chi connectivity index (χ4n) is 7.47. The van der Waals surface area contributed by atoms with E-state index in [1.165, 1.54) is 64.2 Å². The van der Waals surface area contributed by atoms with Gasteiger partial charge in [-0.25, -0.2) is 19.4 Å². The van der Waals surface area contributed by atoms with Gasteiger partial charge >= 0.3 is 17.9 Å². The number of esters is 3. The molecule has 0 aromatic heterocycles. The third-order valence-corrected chi connectivity index (χ3v) is 11.1. The van der Waals surface area contributed by atoms with Gasteiger partial charge in [0.25, 0.3) is 0 Å². The molecule has 0 aliphatic heterocycles. The number of hydrazine groups is 2. The number of unbranched alkanes of at least 4 members (excludes halogenated alkanes) is 3. The number of nitrogens with one attached hydrogen (secondary N) is 1. The summed E-state index contributed by atoms with van der Waals surface area (Å²) in [5.74, 6) is 6.96. The van der Waals surface area contributed by atoms with Crippen molar-refractivity contribution in [3.63, 3.8) is 0 Å². The van der Waals surface area contributed by atoms with Crippen LogP contribution in [0.4, 0.5) is 0 Å². The van der Waals surface area contributed by atoms with Gasteiger partial charge in [0.2, 0.25) is 0 Å². The van der Waals surface area contributed by atoms with Crippen LogP contribution >= 0.6 is 0 Å². The van der Waals surface area contributed by atoms with Crippen LogP contribution in [0, 0.1) is 29.1 Å². The average Bonchev–Trinajstić information content (AvgIpc) is 3.13. The molecule has 0 bridgehead atoms. The quantitative estimate of drug-likeness (QED) is 0.0172. The van der Waals surface area contributed by atoms with Crippen molar-refractivity contribution in [2.75, 3.05) is 39.7 Å². The lowest BCUT2D eigenvalue weighted by atomic mass is 9.67. The normalized spacial score (nSPS) is 20.8. The van der Waals surface area contributed by atoms with E-state index in [1.54, 1.807) is 18.9 Å². The Kier molecular flexibility index (Phi) is 21.6. The molecule has 2 rings (SSSR count). The van der Waals surface area contributed by atoms with E-state index >= 15 is 0 Å². The Bertz CT molecular complexity index is 1060. The molecule has 2 aliphatic carbocycles. The summed E-state index contributed by atoms with van der Waals surface area (Å²) >= 11 is 0. The van der Waals surface area contributed by atoms with E-state index in [0.29, 0.717) is 50.6 Å². The van der Waals surface area contributed by atoms with Crippen molar-refractivity contribution in [2.45, 2.75) is 137 Å². The van der Waals surface area contributed by atoms with Crippen LogP contribution in [0.15, 0.2) is 36.5 Å². The maximum Gasteiger partial charge on any atom is 0.333 e. The second-order valence-electron chi connectivity index (χ2n) is 15.5. The van der Waals surface area contributed by atoms with Crippen molar-refractivity contribution >= 4 is 17.9 Å². The number of hydrogen-bond donors (Lipinski definition) is 2. The first kappa shape index (κ1) is 44.6. The predicted octanol–water partition coefficient (Wildman–Crippen LogP) is 8.13. The average molecular weight is 718 g/mol. The summed E-state index contributed by atoms with van der Waals surface area (Å²) in [6, 6.07) is 0. The zero-order valence-corrected chi connectivity index (χ0v) is 32.6. The van der Waals surface area contributed by atoms with Crippen molar-refractivity contribution in [1.82, 2.24) is 10.5 Å². The van der Waals surface area contributed by atoms with E-state index in [-0.39, 0.29) is 31.0 Å². The Balaban J connectivity index is 1.99. The molecule has 0 saturated heterocycles. The summed E-state index contributed by atoms with van der Waals surface area (Å²) in [6.07, 6.45) is 19.2. The molecule has 0 unspecified atom stereocenters. The standard InChI is InChI=1S/C41H71N3O7/c1-8-10-11-15-34-16-20-36(21-17-34)37-22-18-35(19-23-37)24-25-41(27-49-38(45)31(3)4,28-50-39(46)32(5)6)29-51-40(47)33(7)14-12-13-26-48-30-44(9-2)43-42/h34-37,43H,3,5,7-30,42H2,1-2,4,6H3. The molecule has 0 heterocycles. The van der Waals surface area contributed by atoms with Gasteiger partial charge in [-0.3, -0.25) is 5.84 Å². The molecule has 0 aromatic rings. The van der Waals surface area contributed by atoms with Gasteiger partial charge in [-0.05, 0) is 95.3 Å². The highest BCUT2D eigenvalue weighted by Crippen LogP contribution is 2.44. The lowest BCUT2D eigenvalue weighted by Crippen LogP contribution is -2.44. The summed E-state index contributed by atoms with van der Waals surface area (Å²) < 4.78 is 22.8. The fraction of sp³-hybridized carbons (Fsp3) is 0.780. The second kappa shape index (κ2) is 24.7. The molecule has 2 aliphatic rings. The molecule has 2 saturated carbocycles. The highest BCUT2D eigenvalue weighted by molar-refractivity contribution is 5.88. The van der Waals surface area contributed by atoms with E-state index in [1.807, 2.05) is 6.92 Å². The largest absolute Gasteiger partial charge is 0.461 e. The lowest BCUT2D eigenvalue weighted by molar-refractivity contribution is -0.158. The first-order valence-electron chi connectivity index (χ1n) is 19.7. The highest BCUT2D eigenvalue weighted by atomic mass is 16.6. The van der Waals surface area contributed by atoms with Crippen molar-refractivity contribution < 1.29 is 33.3 Å². The van der Waals surface area contributed by atoms with Crippen LogP contribution in [0.25, 0.3) is 0 Å². The number of carbonyl (C=O) groups excluding carboxylic acids is 3. The van der Waals surface area contributed by atoms with Crippen LogP contribution in [-0.4, -0.2) is 62.6 Å². The summed E-state index contributed by atoms with van der Waals surface area (Å²) in [4.78, 5) is 38.2. The minimum atomic E-state index is -0.921. The number of hydrogen-bond acceptors (Lipinski definition) is 10. The van der Waals surface area contributed by atoms with E-state index < -0.39 is 23.3 Å². The smallest absolute Gasteiger partial charge is 0.333 e. The monoisotopic (exact) mass is 718 g/mol. The highest BCUT2D eigenvalue weighted by Gasteiger charge is 2.38. The van der Waals surface area contributed by atoms with E-state index in [4.69, 9.17) is 24.8 Å². The van der Waals surface area contributed by atoms with Crippen LogP contribution in [0.3, 0.4) is 0 Å². The molecule has 3 N–H and O–H groups in total. The molecule has 0 atom stereocenters. The predicted molar refractivity (Wildman–Crippen MR) is 203 cm³/mol. The number of ether oxygens (including phenoxy) is 4. The Labute approximate surface area is 309 Å². The van der Waals surface area contributed by atoms with Crippen molar-refractivity contribution in [3.8, 4) is 0 Å². The van der Waals surface area contributed by atoms with Crippen molar-refractivity contribution in [2.24, 2.45) is 34.9 Å². The number of rotatable bonds is 26. The Morgan fingerprint density at radius 3 is 1.71 bits per heavy atom. The molecule has 51 heavy (non-hydrogen) atoms. The molecule has 10 heteroatoms. The van der Waals surface area contributed by atoms with Gasteiger partial charge in [-0.2, -0.15) is 5.53 Å².